The monoisotopic (exact) mass is 198 g/mol. The fraction of sp³-hybridized carbons (Fsp3) is 1.00. The van der Waals surface area contributed by atoms with E-state index in [4.69, 9.17) is 0 Å². The largest absolute Gasteiger partial charge is 0.392 e. The second kappa shape index (κ2) is 3.47. The molecular weight excluding hydrogens is 176 g/mol. The molecule has 0 aromatic rings. The van der Waals surface area contributed by atoms with Crippen LogP contribution in [0.1, 0.15) is 27.2 Å². The topological polar surface area (TPSA) is 26.7 Å². The van der Waals surface area contributed by atoms with Crippen molar-refractivity contribution in [1.82, 2.24) is 9.80 Å². The summed E-state index contributed by atoms with van der Waals surface area (Å²) in [7, 11) is 0. The molecule has 0 aromatic carbocycles. The molecule has 0 aromatic heterocycles. The lowest BCUT2D eigenvalue weighted by Gasteiger charge is -2.44. The molecule has 0 spiro atoms. The standard InChI is InChI=1S/C11H22N2O/c1-11(2,3)13-5-4-12-8-10(14)6-9(12)7-13/h9-10,14H,4-8H2,1-3H3/t9-,10+/m0/s1. The van der Waals surface area contributed by atoms with Crippen LogP contribution in [0.15, 0.2) is 0 Å². The summed E-state index contributed by atoms with van der Waals surface area (Å²) in [6.07, 6.45) is 0.881. The minimum absolute atomic E-state index is 0.0834. The second-order valence-corrected chi connectivity index (χ2v) is 5.66. The fourth-order valence-electron chi connectivity index (χ4n) is 2.63. The molecule has 0 aliphatic carbocycles. The first-order chi connectivity index (χ1) is 6.47. The van der Waals surface area contributed by atoms with Crippen molar-refractivity contribution in [2.24, 2.45) is 0 Å². The lowest BCUT2D eigenvalue weighted by atomic mass is 10.0. The van der Waals surface area contributed by atoms with Gasteiger partial charge in [-0.3, -0.25) is 9.80 Å². The van der Waals surface area contributed by atoms with Crippen LogP contribution in [0.3, 0.4) is 0 Å². The number of hydrogen-bond acceptors (Lipinski definition) is 3. The minimum atomic E-state index is -0.0834. The van der Waals surface area contributed by atoms with Gasteiger partial charge in [0.05, 0.1) is 6.10 Å². The van der Waals surface area contributed by atoms with Crippen LogP contribution >= 0.6 is 0 Å². The molecule has 82 valence electrons. The van der Waals surface area contributed by atoms with E-state index in [1.165, 1.54) is 0 Å². The Morgan fingerprint density at radius 1 is 1.14 bits per heavy atom. The first-order valence-electron chi connectivity index (χ1n) is 5.64. The maximum Gasteiger partial charge on any atom is 0.0682 e. The van der Waals surface area contributed by atoms with Crippen LogP contribution < -0.4 is 0 Å². The van der Waals surface area contributed by atoms with Crippen LogP contribution in [0.2, 0.25) is 0 Å². The fourth-order valence-corrected chi connectivity index (χ4v) is 2.63. The molecule has 0 bridgehead atoms. The normalized spacial score (nSPS) is 36.0. The highest BCUT2D eigenvalue weighted by atomic mass is 16.3. The van der Waals surface area contributed by atoms with Crippen LogP contribution in [0.25, 0.3) is 0 Å². The van der Waals surface area contributed by atoms with Gasteiger partial charge in [0.15, 0.2) is 0 Å². The summed E-state index contributed by atoms with van der Waals surface area (Å²) >= 11 is 0. The average Bonchev–Trinajstić information content (AvgIpc) is 2.41. The molecule has 0 amide bonds. The SMILES string of the molecule is CC(C)(C)N1CCN2C[C@H](O)C[C@H]2C1. The van der Waals surface area contributed by atoms with Gasteiger partial charge in [0, 0.05) is 37.8 Å². The maximum atomic E-state index is 9.59. The summed E-state index contributed by atoms with van der Waals surface area (Å²) in [5.41, 5.74) is 0.277. The molecule has 3 heteroatoms. The maximum absolute atomic E-state index is 9.59. The van der Waals surface area contributed by atoms with Gasteiger partial charge in [-0.2, -0.15) is 0 Å². The molecule has 3 nitrogen and oxygen atoms in total. The summed E-state index contributed by atoms with van der Waals surface area (Å²) in [5.74, 6) is 0. The summed E-state index contributed by atoms with van der Waals surface area (Å²) in [6, 6.07) is 0.595. The number of nitrogens with zero attached hydrogens (tertiary/aromatic N) is 2. The van der Waals surface area contributed by atoms with E-state index in [0.717, 1.165) is 32.6 Å². The molecule has 0 saturated carbocycles. The predicted octanol–water partition coefficient (Wildman–Crippen LogP) is 0.536. The molecule has 2 heterocycles. The van der Waals surface area contributed by atoms with E-state index in [9.17, 15) is 5.11 Å². The van der Waals surface area contributed by atoms with Crippen molar-refractivity contribution in [2.45, 2.75) is 44.9 Å². The van der Waals surface area contributed by atoms with Crippen molar-refractivity contribution in [3.05, 3.63) is 0 Å². The van der Waals surface area contributed by atoms with E-state index in [-0.39, 0.29) is 11.6 Å². The van der Waals surface area contributed by atoms with Gasteiger partial charge in [0.1, 0.15) is 0 Å². The summed E-state index contributed by atoms with van der Waals surface area (Å²) in [5, 5.41) is 9.59. The van der Waals surface area contributed by atoms with Crippen LogP contribution in [0.4, 0.5) is 0 Å². The Hall–Kier alpha value is -0.120. The highest BCUT2D eigenvalue weighted by molar-refractivity contribution is 4.93. The van der Waals surface area contributed by atoms with E-state index < -0.39 is 0 Å². The van der Waals surface area contributed by atoms with Crippen molar-refractivity contribution in [2.75, 3.05) is 26.2 Å². The Kier molecular flexibility index (Phi) is 2.58. The molecule has 2 saturated heterocycles. The third-order valence-corrected chi connectivity index (χ3v) is 3.54. The van der Waals surface area contributed by atoms with Crippen LogP contribution in [0, 0.1) is 0 Å². The number of fused-ring (bicyclic) bond motifs is 1. The Labute approximate surface area is 86.7 Å². The van der Waals surface area contributed by atoms with E-state index in [2.05, 4.69) is 30.6 Å². The van der Waals surface area contributed by atoms with Crippen molar-refractivity contribution >= 4 is 0 Å². The number of piperazine rings is 1. The third kappa shape index (κ3) is 1.95. The second-order valence-electron chi connectivity index (χ2n) is 5.66. The Morgan fingerprint density at radius 2 is 1.86 bits per heavy atom. The molecule has 0 unspecified atom stereocenters. The number of rotatable bonds is 0. The number of hydrogen-bond donors (Lipinski definition) is 1. The first kappa shape index (κ1) is 10.4. The highest BCUT2D eigenvalue weighted by Gasteiger charge is 2.37. The van der Waals surface area contributed by atoms with Gasteiger partial charge in [-0.1, -0.05) is 0 Å². The average molecular weight is 198 g/mol. The molecule has 0 radical (unpaired) electrons. The highest BCUT2D eigenvalue weighted by Crippen LogP contribution is 2.25. The van der Waals surface area contributed by atoms with E-state index >= 15 is 0 Å². The van der Waals surface area contributed by atoms with Gasteiger partial charge in [0.2, 0.25) is 0 Å². The predicted molar refractivity (Wildman–Crippen MR) is 57.3 cm³/mol. The van der Waals surface area contributed by atoms with Gasteiger partial charge < -0.3 is 5.11 Å². The van der Waals surface area contributed by atoms with E-state index in [1.54, 1.807) is 0 Å². The molecule has 1 N–H and O–H groups in total. The van der Waals surface area contributed by atoms with Crippen molar-refractivity contribution in [3.8, 4) is 0 Å². The molecule has 2 aliphatic rings. The van der Waals surface area contributed by atoms with Crippen molar-refractivity contribution in [3.63, 3.8) is 0 Å². The minimum Gasteiger partial charge on any atom is -0.392 e. The molecule has 2 atom stereocenters. The van der Waals surface area contributed by atoms with E-state index in [0.29, 0.717) is 6.04 Å². The Morgan fingerprint density at radius 3 is 2.50 bits per heavy atom. The number of aliphatic hydroxyl groups is 1. The number of aliphatic hydroxyl groups excluding tert-OH is 1. The Bertz CT molecular complexity index is 212. The van der Waals surface area contributed by atoms with E-state index in [1.807, 2.05) is 0 Å². The van der Waals surface area contributed by atoms with Crippen LogP contribution in [-0.4, -0.2) is 58.8 Å². The molecular formula is C11H22N2O. The first-order valence-corrected chi connectivity index (χ1v) is 5.64. The molecule has 14 heavy (non-hydrogen) atoms. The lowest BCUT2D eigenvalue weighted by Crippen LogP contribution is -2.56. The van der Waals surface area contributed by atoms with Crippen molar-refractivity contribution in [1.29, 1.82) is 0 Å². The zero-order chi connectivity index (χ0) is 10.3. The molecule has 2 aliphatic heterocycles. The van der Waals surface area contributed by atoms with Gasteiger partial charge in [-0.15, -0.1) is 0 Å². The van der Waals surface area contributed by atoms with Gasteiger partial charge in [-0.05, 0) is 27.2 Å². The van der Waals surface area contributed by atoms with Gasteiger partial charge in [0.25, 0.3) is 0 Å². The van der Waals surface area contributed by atoms with Gasteiger partial charge >= 0.3 is 0 Å². The van der Waals surface area contributed by atoms with Crippen molar-refractivity contribution < 1.29 is 5.11 Å². The van der Waals surface area contributed by atoms with Crippen LogP contribution in [0.5, 0.6) is 0 Å². The summed E-state index contributed by atoms with van der Waals surface area (Å²) in [6.45, 7) is 11.1. The lowest BCUT2D eigenvalue weighted by molar-refractivity contribution is 0.0408. The molecule has 2 rings (SSSR count). The summed E-state index contributed by atoms with van der Waals surface area (Å²) in [4.78, 5) is 4.97. The Balaban J connectivity index is 1.98. The third-order valence-electron chi connectivity index (χ3n) is 3.54. The zero-order valence-electron chi connectivity index (χ0n) is 9.53. The molecule has 2 fully saturated rings. The van der Waals surface area contributed by atoms with Crippen LogP contribution in [-0.2, 0) is 0 Å². The zero-order valence-corrected chi connectivity index (χ0v) is 9.53. The quantitative estimate of drug-likeness (QED) is 0.615. The van der Waals surface area contributed by atoms with Gasteiger partial charge in [-0.25, -0.2) is 0 Å². The smallest absolute Gasteiger partial charge is 0.0682 e. The summed E-state index contributed by atoms with van der Waals surface area (Å²) < 4.78 is 0.